The molecule has 0 bridgehead atoms. The second-order valence-electron chi connectivity index (χ2n) is 0.472. The zero-order valence-corrected chi connectivity index (χ0v) is 7.10. The Bertz CT molecular complexity index is 18.9. The molecule has 0 atom stereocenters. The second-order valence-corrected chi connectivity index (χ2v) is 4.01. The molecule has 0 spiro atoms. The van der Waals surface area contributed by atoms with Crippen LogP contribution in [0.15, 0.2) is 0 Å². The summed E-state index contributed by atoms with van der Waals surface area (Å²) < 4.78 is 1.05. The molecule has 0 saturated carbocycles. The predicted molar refractivity (Wildman–Crippen MR) is 34.9 cm³/mol. The van der Waals surface area contributed by atoms with Crippen molar-refractivity contribution in [2.24, 2.45) is 0 Å². The van der Waals surface area contributed by atoms with Crippen molar-refractivity contribution in [2.75, 3.05) is 5.33 Å². The van der Waals surface area contributed by atoms with E-state index in [2.05, 4.69) is 47.8 Å². The van der Waals surface area contributed by atoms with Gasteiger partial charge in [-0.2, -0.15) is 0 Å². The standard InChI is InChI=1S/C2H2Br3/c3-1-2(4)5/h1H2. The van der Waals surface area contributed by atoms with Crippen LogP contribution in [-0.4, -0.2) is 5.33 Å². The van der Waals surface area contributed by atoms with E-state index in [0.717, 1.165) is 9.07 Å². The van der Waals surface area contributed by atoms with Crippen LogP contribution in [0.3, 0.4) is 0 Å². The van der Waals surface area contributed by atoms with Gasteiger partial charge in [0.25, 0.3) is 0 Å². The van der Waals surface area contributed by atoms with Crippen LogP contribution in [0.5, 0.6) is 0 Å². The lowest BCUT2D eigenvalue weighted by Gasteiger charge is -1.82. The van der Waals surface area contributed by atoms with Gasteiger partial charge < -0.3 is 0 Å². The third-order valence-corrected chi connectivity index (χ3v) is 2.73. The fourth-order valence-electron chi connectivity index (χ4n) is 0. The summed E-state index contributed by atoms with van der Waals surface area (Å²) in [6, 6.07) is 0. The predicted octanol–water partition coefficient (Wildman–Crippen LogP) is 2.66. The molecule has 0 aliphatic rings. The number of hydrogen-bond donors (Lipinski definition) is 0. The lowest BCUT2D eigenvalue weighted by molar-refractivity contribution is 1.77. The highest BCUT2D eigenvalue weighted by atomic mass is 79.9. The van der Waals surface area contributed by atoms with Crippen LogP contribution >= 0.6 is 47.8 Å². The Morgan fingerprint density at radius 2 is 1.60 bits per heavy atom. The van der Waals surface area contributed by atoms with Crippen LogP contribution in [0, 0.1) is 3.74 Å². The fourth-order valence-corrected chi connectivity index (χ4v) is 0. The summed E-state index contributed by atoms with van der Waals surface area (Å²) >= 11 is 9.50. The van der Waals surface area contributed by atoms with Crippen LogP contribution in [0.2, 0.25) is 0 Å². The largest absolute Gasteiger partial charge is 0.116 e. The summed E-state index contributed by atoms with van der Waals surface area (Å²) in [4.78, 5) is 0. The zero-order valence-electron chi connectivity index (χ0n) is 2.34. The molecule has 0 aromatic heterocycles. The van der Waals surface area contributed by atoms with E-state index in [1.165, 1.54) is 0 Å². The monoisotopic (exact) mass is 263 g/mol. The van der Waals surface area contributed by atoms with E-state index in [1.807, 2.05) is 0 Å². The van der Waals surface area contributed by atoms with E-state index < -0.39 is 0 Å². The number of halogens is 3. The van der Waals surface area contributed by atoms with Crippen LogP contribution in [0.25, 0.3) is 0 Å². The number of rotatable bonds is 1. The van der Waals surface area contributed by atoms with Gasteiger partial charge >= 0.3 is 0 Å². The molecule has 0 heterocycles. The average Bonchev–Trinajstić information content (AvgIpc) is 1.38. The van der Waals surface area contributed by atoms with Crippen molar-refractivity contribution < 1.29 is 0 Å². The summed E-state index contributed by atoms with van der Waals surface area (Å²) in [5.74, 6) is 0. The fraction of sp³-hybridized carbons (Fsp3) is 0.500. The molecule has 31 valence electrons. The third kappa shape index (κ3) is 5.44. The first-order chi connectivity index (χ1) is 2.27. The Kier molecular flexibility index (Phi) is 4.67. The molecule has 0 rings (SSSR count). The average molecular weight is 266 g/mol. The molecule has 0 amide bonds. The SMILES string of the molecule is BrC[C](Br)Br. The van der Waals surface area contributed by atoms with Crippen LogP contribution in [0.1, 0.15) is 0 Å². The molecule has 0 aromatic carbocycles. The molecule has 0 fully saturated rings. The molecular weight excluding hydrogens is 264 g/mol. The number of alkyl halides is 1. The Morgan fingerprint density at radius 1 is 1.40 bits per heavy atom. The normalized spacial score (nSPS) is 9.60. The van der Waals surface area contributed by atoms with Gasteiger partial charge in [0, 0.05) is 5.33 Å². The Morgan fingerprint density at radius 3 is 1.60 bits per heavy atom. The number of hydrogen-bond acceptors (Lipinski definition) is 0. The first kappa shape index (κ1) is 6.44. The first-order valence-electron chi connectivity index (χ1n) is 0.999. The van der Waals surface area contributed by atoms with Gasteiger partial charge in [-0.3, -0.25) is 0 Å². The molecular formula is C2H2Br3. The van der Waals surface area contributed by atoms with Gasteiger partial charge in [-0.15, -0.1) is 0 Å². The maximum absolute atomic E-state index is 3.18. The van der Waals surface area contributed by atoms with Crippen LogP contribution in [0.4, 0.5) is 0 Å². The minimum atomic E-state index is 0.868. The van der Waals surface area contributed by atoms with Crippen molar-refractivity contribution >= 4 is 47.8 Å². The lowest BCUT2D eigenvalue weighted by Crippen LogP contribution is -1.66. The first-order valence-corrected chi connectivity index (χ1v) is 3.71. The van der Waals surface area contributed by atoms with Gasteiger partial charge in [0.15, 0.2) is 0 Å². The van der Waals surface area contributed by atoms with Crippen LogP contribution in [-0.2, 0) is 0 Å². The summed E-state index contributed by atoms with van der Waals surface area (Å²) in [5, 5.41) is 0.868. The van der Waals surface area contributed by atoms with Gasteiger partial charge in [-0.05, 0) is 0 Å². The Labute approximate surface area is 56.7 Å². The molecule has 0 nitrogen and oxygen atoms in total. The highest BCUT2D eigenvalue weighted by Gasteiger charge is 1.88. The van der Waals surface area contributed by atoms with Gasteiger partial charge in [-0.1, -0.05) is 47.8 Å². The molecule has 0 unspecified atom stereocenters. The van der Waals surface area contributed by atoms with E-state index in [4.69, 9.17) is 0 Å². The minimum Gasteiger partial charge on any atom is -0.0903 e. The van der Waals surface area contributed by atoms with Crippen LogP contribution < -0.4 is 0 Å². The Hall–Kier alpha value is 1.44. The summed E-state index contributed by atoms with van der Waals surface area (Å²) in [6.07, 6.45) is 0. The molecule has 0 aliphatic carbocycles. The van der Waals surface area contributed by atoms with Gasteiger partial charge in [0.05, 0.1) is 0 Å². The quantitative estimate of drug-likeness (QED) is 0.640. The van der Waals surface area contributed by atoms with Crippen molar-refractivity contribution in [1.29, 1.82) is 0 Å². The van der Waals surface area contributed by atoms with Crippen molar-refractivity contribution in [1.82, 2.24) is 0 Å². The smallest absolute Gasteiger partial charge is 0.0903 e. The van der Waals surface area contributed by atoms with Crippen molar-refractivity contribution in [3.63, 3.8) is 0 Å². The molecule has 0 aliphatic heterocycles. The molecule has 0 N–H and O–H groups in total. The maximum atomic E-state index is 3.18. The second kappa shape index (κ2) is 3.62. The van der Waals surface area contributed by atoms with E-state index in [0.29, 0.717) is 0 Å². The molecule has 0 aromatic rings. The minimum absolute atomic E-state index is 0.868. The van der Waals surface area contributed by atoms with E-state index in [-0.39, 0.29) is 0 Å². The van der Waals surface area contributed by atoms with Gasteiger partial charge in [-0.25, -0.2) is 0 Å². The molecule has 3 heteroatoms. The van der Waals surface area contributed by atoms with E-state index in [1.54, 1.807) is 0 Å². The zero-order chi connectivity index (χ0) is 4.28. The molecule has 0 saturated heterocycles. The van der Waals surface area contributed by atoms with Crippen molar-refractivity contribution in [2.45, 2.75) is 0 Å². The maximum Gasteiger partial charge on any atom is 0.116 e. The van der Waals surface area contributed by atoms with E-state index >= 15 is 0 Å². The van der Waals surface area contributed by atoms with Gasteiger partial charge in [0.1, 0.15) is 3.74 Å². The lowest BCUT2D eigenvalue weighted by atomic mass is 11.0. The Balaban J connectivity index is 2.54. The van der Waals surface area contributed by atoms with Gasteiger partial charge in [0.2, 0.25) is 0 Å². The highest BCUT2D eigenvalue weighted by molar-refractivity contribution is 9.28. The topological polar surface area (TPSA) is 0 Å². The molecule has 5 heavy (non-hydrogen) atoms. The summed E-state index contributed by atoms with van der Waals surface area (Å²) in [5.41, 5.74) is 0. The highest BCUT2D eigenvalue weighted by Crippen LogP contribution is 2.19. The summed E-state index contributed by atoms with van der Waals surface area (Å²) in [7, 11) is 0. The summed E-state index contributed by atoms with van der Waals surface area (Å²) in [6.45, 7) is 0. The van der Waals surface area contributed by atoms with E-state index in [9.17, 15) is 0 Å². The van der Waals surface area contributed by atoms with Crippen molar-refractivity contribution in [3.8, 4) is 0 Å². The van der Waals surface area contributed by atoms with Crippen molar-refractivity contribution in [3.05, 3.63) is 3.74 Å². The third-order valence-electron chi connectivity index (χ3n) is 0.101. The molecule has 1 radical (unpaired) electrons.